The molecule has 0 heterocycles. The molecule has 0 bridgehead atoms. The van der Waals surface area contributed by atoms with Crippen molar-refractivity contribution in [3.05, 3.63) is 218 Å². The molecule has 0 atom stereocenters. The van der Waals surface area contributed by atoms with Gasteiger partial charge in [0.1, 0.15) is 0 Å². The fourth-order valence-electron chi connectivity index (χ4n) is 9.25. The van der Waals surface area contributed by atoms with E-state index >= 15 is 0 Å². The maximum absolute atomic E-state index is 2.41. The molecular formula is C56H36. The summed E-state index contributed by atoms with van der Waals surface area (Å²) in [5.74, 6) is 0. The van der Waals surface area contributed by atoms with Crippen LogP contribution in [0, 0.1) is 0 Å². The molecule has 0 aliphatic carbocycles. The Balaban J connectivity index is 1.28. The average molecular weight is 709 g/mol. The number of fused-ring (bicyclic) bond motifs is 5. The molecule has 0 N–H and O–H groups in total. The van der Waals surface area contributed by atoms with Crippen molar-refractivity contribution in [3.8, 4) is 55.6 Å². The second-order valence-electron chi connectivity index (χ2n) is 14.7. The van der Waals surface area contributed by atoms with Gasteiger partial charge in [-0.3, -0.25) is 0 Å². The average Bonchev–Trinajstić information content (AvgIpc) is 3.28. The van der Waals surface area contributed by atoms with Crippen LogP contribution in [0.25, 0.3) is 109 Å². The zero-order valence-electron chi connectivity index (χ0n) is 30.8. The first-order valence-corrected chi connectivity index (χ1v) is 19.4. The van der Waals surface area contributed by atoms with Gasteiger partial charge >= 0.3 is 0 Å². The quantitative estimate of drug-likeness (QED) is 0.156. The monoisotopic (exact) mass is 708 g/mol. The van der Waals surface area contributed by atoms with Crippen molar-refractivity contribution in [1.29, 1.82) is 0 Å². The van der Waals surface area contributed by atoms with E-state index in [4.69, 9.17) is 0 Å². The maximum Gasteiger partial charge on any atom is -0.00139 e. The Bertz CT molecular complexity index is 3170. The summed E-state index contributed by atoms with van der Waals surface area (Å²) < 4.78 is 0. The van der Waals surface area contributed by atoms with Crippen molar-refractivity contribution in [2.75, 3.05) is 0 Å². The molecule has 0 amide bonds. The first-order valence-electron chi connectivity index (χ1n) is 19.4. The third kappa shape index (κ3) is 5.08. The first kappa shape index (κ1) is 32.2. The second kappa shape index (κ2) is 13.2. The van der Waals surface area contributed by atoms with Crippen LogP contribution in [-0.4, -0.2) is 0 Å². The Morgan fingerprint density at radius 1 is 0.179 bits per heavy atom. The molecule has 0 aliphatic rings. The molecule has 0 aliphatic heterocycles. The molecule has 0 unspecified atom stereocenters. The van der Waals surface area contributed by atoms with Gasteiger partial charge < -0.3 is 0 Å². The maximum atomic E-state index is 2.41. The van der Waals surface area contributed by atoms with Gasteiger partial charge in [-0.15, -0.1) is 0 Å². The summed E-state index contributed by atoms with van der Waals surface area (Å²) in [5.41, 5.74) is 12.5. The van der Waals surface area contributed by atoms with Gasteiger partial charge in [0.15, 0.2) is 0 Å². The summed E-state index contributed by atoms with van der Waals surface area (Å²) in [6, 6.07) is 80.3. The molecule has 0 fully saturated rings. The van der Waals surface area contributed by atoms with Crippen molar-refractivity contribution in [2.24, 2.45) is 0 Å². The zero-order chi connectivity index (χ0) is 37.0. The van der Waals surface area contributed by atoms with Gasteiger partial charge in [-0.05, 0) is 122 Å². The molecule has 0 saturated heterocycles. The van der Waals surface area contributed by atoms with Gasteiger partial charge in [-0.2, -0.15) is 0 Å². The van der Waals surface area contributed by atoms with E-state index in [-0.39, 0.29) is 0 Å². The molecule has 260 valence electrons. The van der Waals surface area contributed by atoms with Crippen molar-refractivity contribution in [3.63, 3.8) is 0 Å². The summed E-state index contributed by atoms with van der Waals surface area (Å²) in [4.78, 5) is 0. The minimum absolute atomic E-state index is 1.22. The van der Waals surface area contributed by atoms with Crippen molar-refractivity contribution in [1.82, 2.24) is 0 Å². The van der Waals surface area contributed by atoms with Crippen LogP contribution in [0.2, 0.25) is 0 Å². The zero-order valence-corrected chi connectivity index (χ0v) is 30.8. The van der Waals surface area contributed by atoms with Crippen LogP contribution >= 0.6 is 0 Å². The Morgan fingerprint density at radius 3 is 0.893 bits per heavy atom. The van der Waals surface area contributed by atoms with Crippen LogP contribution in [0.15, 0.2) is 218 Å². The van der Waals surface area contributed by atoms with Crippen molar-refractivity contribution in [2.45, 2.75) is 0 Å². The summed E-state index contributed by atoms with van der Waals surface area (Å²) in [6.07, 6.45) is 0. The third-order valence-electron chi connectivity index (χ3n) is 11.6. The van der Waals surface area contributed by atoms with E-state index in [9.17, 15) is 0 Å². The lowest BCUT2D eigenvalue weighted by molar-refractivity contribution is 1.61. The number of rotatable bonds is 5. The first-order chi connectivity index (χ1) is 27.8. The van der Waals surface area contributed by atoms with E-state index in [1.165, 1.54) is 109 Å². The highest BCUT2D eigenvalue weighted by atomic mass is 14.3. The standard InChI is InChI=1S/C56H36/c1-3-19-37(20-4-1)41-25-9-10-26-42(41)53-43-27-11-15-31-47(43)55(48-32-16-12-28-44(48)53)56-49-33-17-13-29-45(49)54(46-30-14-18-34-50(46)56)52-36-40-24-8-7-23-39(40)35-51(52)38-21-5-2-6-22-38/h1-36H. The number of hydrogen-bond acceptors (Lipinski definition) is 0. The normalized spacial score (nSPS) is 11.6. The van der Waals surface area contributed by atoms with Crippen LogP contribution in [0.4, 0.5) is 0 Å². The fraction of sp³-hybridized carbons (Fsp3) is 0. The van der Waals surface area contributed by atoms with E-state index in [2.05, 4.69) is 218 Å². The Labute approximate surface area is 326 Å². The second-order valence-corrected chi connectivity index (χ2v) is 14.7. The Kier molecular flexibility index (Phi) is 7.60. The van der Waals surface area contributed by atoms with Crippen LogP contribution in [0.1, 0.15) is 0 Å². The van der Waals surface area contributed by atoms with Crippen molar-refractivity contribution >= 4 is 53.9 Å². The smallest absolute Gasteiger partial charge is 0.00139 e. The van der Waals surface area contributed by atoms with E-state index in [0.717, 1.165) is 0 Å². The van der Waals surface area contributed by atoms with Gasteiger partial charge in [-0.1, -0.05) is 206 Å². The molecule has 0 radical (unpaired) electrons. The number of benzene rings is 11. The van der Waals surface area contributed by atoms with Crippen LogP contribution in [-0.2, 0) is 0 Å². The highest BCUT2D eigenvalue weighted by Gasteiger charge is 2.24. The van der Waals surface area contributed by atoms with Crippen LogP contribution in [0.5, 0.6) is 0 Å². The van der Waals surface area contributed by atoms with Crippen molar-refractivity contribution < 1.29 is 0 Å². The summed E-state index contributed by atoms with van der Waals surface area (Å²) >= 11 is 0. The minimum atomic E-state index is 1.22. The Hall–Kier alpha value is -7.28. The molecule has 11 aromatic rings. The molecule has 0 nitrogen and oxygen atoms in total. The van der Waals surface area contributed by atoms with E-state index < -0.39 is 0 Å². The molecule has 0 heteroatoms. The molecule has 0 aromatic heterocycles. The Morgan fingerprint density at radius 2 is 0.464 bits per heavy atom. The van der Waals surface area contributed by atoms with Gasteiger partial charge in [0.2, 0.25) is 0 Å². The van der Waals surface area contributed by atoms with Crippen LogP contribution < -0.4 is 0 Å². The third-order valence-corrected chi connectivity index (χ3v) is 11.6. The largest absolute Gasteiger partial charge is 0.0622 e. The van der Waals surface area contributed by atoms with Gasteiger partial charge in [0.05, 0.1) is 0 Å². The van der Waals surface area contributed by atoms with Gasteiger partial charge in [0, 0.05) is 0 Å². The lowest BCUT2D eigenvalue weighted by Crippen LogP contribution is -1.96. The van der Waals surface area contributed by atoms with E-state index in [0.29, 0.717) is 0 Å². The molecule has 11 aromatic carbocycles. The summed E-state index contributed by atoms with van der Waals surface area (Å²) in [7, 11) is 0. The summed E-state index contributed by atoms with van der Waals surface area (Å²) in [6.45, 7) is 0. The lowest BCUT2D eigenvalue weighted by atomic mass is 9.79. The molecule has 0 saturated carbocycles. The topological polar surface area (TPSA) is 0 Å². The minimum Gasteiger partial charge on any atom is -0.0622 e. The lowest BCUT2D eigenvalue weighted by Gasteiger charge is -2.23. The fourth-order valence-corrected chi connectivity index (χ4v) is 9.25. The van der Waals surface area contributed by atoms with E-state index in [1.807, 2.05) is 0 Å². The molecule has 56 heavy (non-hydrogen) atoms. The highest BCUT2D eigenvalue weighted by Crippen LogP contribution is 2.52. The molecule has 11 rings (SSSR count). The predicted octanol–water partition coefficient (Wildman–Crippen LogP) is 15.8. The molecular weight excluding hydrogens is 673 g/mol. The van der Waals surface area contributed by atoms with E-state index in [1.54, 1.807) is 0 Å². The SMILES string of the molecule is c1ccc(-c2ccccc2-c2c3ccccc3c(-c3c4ccccc4c(-c4cc5ccccc5cc4-c4ccccc4)c4ccccc34)c3ccccc23)cc1. The van der Waals surface area contributed by atoms with Gasteiger partial charge in [0.25, 0.3) is 0 Å². The van der Waals surface area contributed by atoms with Gasteiger partial charge in [-0.25, -0.2) is 0 Å². The predicted molar refractivity (Wildman–Crippen MR) is 241 cm³/mol. The van der Waals surface area contributed by atoms with Crippen LogP contribution in [0.3, 0.4) is 0 Å². The molecule has 0 spiro atoms. The number of hydrogen-bond donors (Lipinski definition) is 0. The summed E-state index contributed by atoms with van der Waals surface area (Å²) in [5, 5.41) is 12.5. The highest BCUT2D eigenvalue weighted by molar-refractivity contribution is 6.30.